The molecule has 1 aliphatic carbocycles. The van der Waals surface area contributed by atoms with Gasteiger partial charge in [0.15, 0.2) is 11.6 Å². The lowest BCUT2D eigenvalue weighted by Gasteiger charge is -2.27. The topological polar surface area (TPSA) is 9.23 Å². The number of benzene rings is 3. The lowest BCUT2D eigenvalue weighted by molar-refractivity contribution is 0.295. The van der Waals surface area contributed by atoms with Gasteiger partial charge in [-0.3, -0.25) is 0 Å². The highest BCUT2D eigenvalue weighted by molar-refractivity contribution is 5.71. The fourth-order valence-corrected chi connectivity index (χ4v) is 5.03. The maximum atomic E-state index is 15.1. The van der Waals surface area contributed by atoms with Gasteiger partial charge in [-0.05, 0) is 85.3 Å². The van der Waals surface area contributed by atoms with Gasteiger partial charge in [0.25, 0.3) is 0 Å². The molecule has 0 aromatic heterocycles. The zero-order valence-corrected chi connectivity index (χ0v) is 21.2. The van der Waals surface area contributed by atoms with E-state index in [4.69, 9.17) is 4.74 Å². The van der Waals surface area contributed by atoms with Crippen LogP contribution >= 0.6 is 0 Å². The van der Waals surface area contributed by atoms with Crippen LogP contribution in [0.4, 0.5) is 13.2 Å². The fraction of sp³-hybridized carbons (Fsp3) is 0.375. The van der Waals surface area contributed by atoms with E-state index in [9.17, 15) is 8.78 Å². The quantitative estimate of drug-likeness (QED) is 0.270. The standard InChI is InChI=1S/C32H35F3O/c1-3-5-6-7-22-8-10-23(11-9-22)26-16-17-27(29(33)21-26)24-12-14-25(15-13-24)28-18-19-30(36-20-4-2)32(35)31(28)34/h6-7,12-19,21-23H,3-5,8-11,20H2,1-2H3. The van der Waals surface area contributed by atoms with E-state index in [2.05, 4.69) is 19.1 Å². The summed E-state index contributed by atoms with van der Waals surface area (Å²) in [7, 11) is 0. The second kappa shape index (κ2) is 12.3. The van der Waals surface area contributed by atoms with E-state index in [1.54, 1.807) is 30.3 Å². The minimum absolute atomic E-state index is 0.0849. The van der Waals surface area contributed by atoms with Gasteiger partial charge in [0, 0.05) is 11.1 Å². The molecule has 4 rings (SSSR count). The molecule has 190 valence electrons. The number of unbranched alkanes of at least 4 members (excludes halogenated alkanes) is 1. The van der Waals surface area contributed by atoms with Crippen LogP contribution < -0.4 is 4.74 Å². The first kappa shape index (κ1) is 26.1. The van der Waals surface area contributed by atoms with Gasteiger partial charge in [-0.15, -0.1) is 0 Å². The van der Waals surface area contributed by atoms with Crippen molar-refractivity contribution < 1.29 is 17.9 Å². The summed E-state index contributed by atoms with van der Waals surface area (Å²) in [6, 6.07) is 15.4. The molecular weight excluding hydrogens is 457 g/mol. The molecule has 0 heterocycles. The largest absolute Gasteiger partial charge is 0.490 e. The zero-order chi connectivity index (χ0) is 25.5. The Morgan fingerprint density at radius 2 is 1.44 bits per heavy atom. The number of rotatable bonds is 9. The van der Waals surface area contributed by atoms with Crippen LogP contribution in [-0.2, 0) is 0 Å². The lowest BCUT2D eigenvalue weighted by Crippen LogP contribution is -2.12. The molecule has 4 heteroatoms. The first-order valence-electron chi connectivity index (χ1n) is 13.2. The second-order valence-electron chi connectivity index (χ2n) is 9.73. The SMILES string of the molecule is CCCC=CC1CCC(c2ccc(-c3ccc(-c4ccc(OCCC)c(F)c4F)cc3)c(F)c2)CC1. The fourth-order valence-electron chi connectivity index (χ4n) is 5.03. The van der Waals surface area contributed by atoms with E-state index in [0.717, 1.165) is 37.7 Å². The Balaban J connectivity index is 1.46. The summed E-state index contributed by atoms with van der Waals surface area (Å²) in [5.74, 6) is -1.22. The molecule has 1 fully saturated rings. The minimum Gasteiger partial charge on any atom is -0.490 e. The van der Waals surface area contributed by atoms with Gasteiger partial charge in [-0.1, -0.05) is 68.8 Å². The molecule has 3 aromatic carbocycles. The third-order valence-electron chi connectivity index (χ3n) is 7.12. The summed E-state index contributed by atoms with van der Waals surface area (Å²) in [4.78, 5) is 0. The van der Waals surface area contributed by atoms with Crippen molar-refractivity contribution in [3.05, 3.63) is 89.8 Å². The normalized spacial score (nSPS) is 18.0. The van der Waals surface area contributed by atoms with Gasteiger partial charge in [0.05, 0.1) is 6.61 Å². The highest BCUT2D eigenvalue weighted by Gasteiger charge is 2.22. The van der Waals surface area contributed by atoms with Crippen molar-refractivity contribution in [3.8, 4) is 28.0 Å². The summed E-state index contributed by atoms with van der Waals surface area (Å²) >= 11 is 0. The highest BCUT2D eigenvalue weighted by atomic mass is 19.2. The predicted molar refractivity (Wildman–Crippen MR) is 142 cm³/mol. The number of hydrogen-bond acceptors (Lipinski definition) is 1. The average molecular weight is 493 g/mol. The molecule has 36 heavy (non-hydrogen) atoms. The molecule has 0 atom stereocenters. The Morgan fingerprint density at radius 3 is 2.08 bits per heavy atom. The molecule has 0 N–H and O–H groups in total. The number of ether oxygens (including phenoxy) is 1. The first-order chi connectivity index (χ1) is 17.5. The van der Waals surface area contributed by atoms with E-state index < -0.39 is 11.6 Å². The number of hydrogen-bond donors (Lipinski definition) is 0. The monoisotopic (exact) mass is 492 g/mol. The van der Waals surface area contributed by atoms with Crippen molar-refractivity contribution in [3.63, 3.8) is 0 Å². The van der Waals surface area contributed by atoms with Gasteiger partial charge in [-0.25, -0.2) is 8.78 Å². The highest BCUT2D eigenvalue weighted by Crippen LogP contribution is 2.38. The first-order valence-corrected chi connectivity index (χ1v) is 13.2. The Morgan fingerprint density at radius 1 is 0.778 bits per heavy atom. The van der Waals surface area contributed by atoms with Crippen molar-refractivity contribution in [1.82, 2.24) is 0 Å². The van der Waals surface area contributed by atoms with Crippen LogP contribution in [0.2, 0.25) is 0 Å². The predicted octanol–water partition coefficient (Wildman–Crippen LogP) is 9.86. The smallest absolute Gasteiger partial charge is 0.201 e. The molecule has 0 amide bonds. The lowest BCUT2D eigenvalue weighted by atomic mass is 9.78. The Hall–Kier alpha value is -3.01. The van der Waals surface area contributed by atoms with E-state index in [0.29, 0.717) is 41.6 Å². The average Bonchev–Trinajstić information content (AvgIpc) is 2.90. The van der Waals surface area contributed by atoms with Crippen molar-refractivity contribution in [2.75, 3.05) is 6.61 Å². The summed E-state index contributed by atoms with van der Waals surface area (Å²) < 4.78 is 49.5. The third-order valence-corrected chi connectivity index (χ3v) is 7.12. The van der Waals surface area contributed by atoms with Crippen LogP contribution in [0.5, 0.6) is 5.75 Å². The van der Waals surface area contributed by atoms with E-state index in [1.165, 1.54) is 18.6 Å². The molecule has 0 spiro atoms. The molecular formula is C32H35F3O. The van der Waals surface area contributed by atoms with Crippen molar-refractivity contribution in [2.45, 2.75) is 64.7 Å². The number of halogens is 3. The Labute approximate surface area is 213 Å². The zero-order valence-electron chi connectivity index (χ0n) is 21.2. The Kier molecular flexibility index (Phi) is 8.90. The van der Waals surface area contributed by atoms with Crippen molar-refractivity contribution in [2.24, 2.45) is 5.92 Å². The van der Waals surface area contributed by atoms with E-state index in [-0.39, 0.29) is 17.1 Å². The molecule has 3 aromatic rings. The van der Waals surface area contributed by atoms with Gasteiger partial charge < -0.3 is 4.74 Å². The summed E-state index contributed by atoms with van der Waals surface area (Å²) in [6.07, 6.45) is 12.2. The molecule has 0 saturated heterocycles. The second-order valence-corrected chi connectivity index (χ2v) is 9.73. The maximum absolute atomic E-state index is 15.1. The summed E-state index contributed by atoms with van der Waals surface area (Å²) in [5.41, 5.74) is 2.96. The molecule has 0 bridgehead atoms. The molecule has 0 unspecified atom stereocenters. The minimum atomic E-state index is -0.988. The van der Waals surface area contributed by atoms with Crippen LogP contribution in [0.15, 0.2) is 66.7 Å². The van der Waals surface area contributed by atoms with Gasteiger partial charge in [0.2, 0.25) is 5.82 Å². The molecule has 1 nitrogen and oxygen atoms in total. The van der Waals surface area contributed by atoms with Crippen LogP contribution in [-0.4, -0.2) is 6.61 Å². The summed E-state index contributed by atoms with van der Waals surface area (Å²) in [5, 5.41) is 0. The summed E-state index contributed by atoms with van der Waals surface area (Å²) in [6.45, 7) is 4.42. The number of allylic oxidation sites excluding steroid dienone is 2. The van der Waals surface area contributed by atoms with Crippen LogP contribution in [0.3, 0.4) is 0 Å². The van der Waals surface area contributed by atoms with Gasteiger partial charge >= 0.3 is 0 Å². The van der Waals surface area contributed by atoms with Crippen molar-refractivity contribution >= 4 is 0 Å². The van der Waals surface area contributed by atoms with E-state index >= 15 is 4.39 Å². The van der Waals surface area contributed by atoms with E-state index in [1.807, 2.05) is 19.1 Å². The van der Waals surface area contributed by atoms with Gasteiger partial charge in [0.1, 0.15) is 5.82 Å². The molecule has 1 aliphatic rings. The third kappa shape index (κ3) is 6.03. The Bertz CT molecular complexity index is 1170. The van der Waals surface area contributed by atoms with Crippen LogP contribution in [0, 0.1) is 23.4 Å². The van der Waals surface area contributed by atoms with Gasteiger partial charge in [-0.2, -0.15) is 4.39 Å². The maximum Gasteiger partial charge on any atom is 0.201 e. The van der Waals surface area contributed by atoms with Crippen LogP contribution in [0.25, 0.3) is 22.3 Å². The van der Waals surface area contributed by atoms with Crippen molar-refractivity contribution in [1.29, 1.82) is 0 Å². The molecule has 1 saturated carbocycles. The van der Waals surface area contributed by atoms with Crippen LogP contribution in [0.1, 0.15) is 70.3 Å². The molecule has 0 aliphatic heterocycles. The molecule has 0 radical (unpaired) electrons.